The van der Waals surface area contributed by atoms with E-state index in [1.807, 2.05) is 29.2 Å². The third-order valence-corrected chi connectivity index (χ3v) is 3.99. The molecule has 1 fully saturated rings. The normalized spacial score (nSPS) is 21.6. The molecule has 4 heteroatoms. The number of hydrogen-bond acceptors (Lipinski definition) is 2. The van der Waals surface area contributed by atoms with E-state index >= 15 is 0 Å². The molecule has 0 spiro atoms. The van der Waals surface area contributed by atoms with Crippen molar-refractivity contribution in [1.82, 2.24) is 9.80 Å². The van der Waals surface area contributed by atoms with E-state index in [4.69, 9.17) is 0 Å². The van der Waals surface area contributed by atoms with Gasteiger partial charge in [-0.25, -0.2) is 0 Å². The molecule has 0 aliphatic carbocycles. The third-order valence-electron chi connectivity index (χ3n) is 3.32. The van der Waals surface area contributed by atoms with Crippen molar-refractivity contribution in [1.29, 1.82) is 0 Å². The highest BCUT2D eigenvalue weighted by atomic mass is 127. The van der Waals surface area contributed by atoms with Gasteiger partial charge in [-0.15, -0.1) is 0 Å². The molecule has 2 rings (SSSR count). The monoisotopic (exact) mass is 344 g/mol. The van der Waals surface area contributed by atoms with Crippen LogP contribution in [0.15, 0.2) is 24.3 Å². The molecule has 1 saturated heterocycles. The molecular weight excluding hydrogens is 327 g/mol. The average molecular weight is 344 g/mol. The lowest BCUT2D eigenvalue weighted by molar-refractivity contribution is 0.0572. The Bertz CT molecular complexity index is 422. The third kappa shape index (κ3) is 2.98. The van der Waals surface area contributed by atoms with Crippen molar-refractivity contribution in [3.8, 4) is 0 Å². The van der Waals surface area contributed by atoms with Crippen LogP contribution in [0.25, 0.3) is 0 Å². The summed E-state index contributed by atoms with van der Waals surface area (Å²) in [5, 5.41) is 0. The summed E-state index contributed by atoms with van der Waals surface area (Å²) in [6.45, 7) is 4.76. The maximum atomic E-state index is 12.3. The predicted octanol–water partition coefficient (Wildman–Crippen LogP) is 2.07. The number of carbonyl (C=O) groups excluding carboxylic acids is 1. The first-order valence-electron chi connectivity index (χ1n) is 5.83. The topological polar surface area (TPSA) is 23.6 Å². The summed E-state index contributed by atoms with van der Waals surface area (Å²) in [6.07, 6.45) is 0. The van der Waals surface area contributed by atoms with Crippen LogP contribution in [-0.2, 0) is 0 Å². The van der Waals surface area contributed by atoms with Crippen LogP contribution in [0.3, 0.4) is 0 Å². The van der Waals surface area contributed by atoms with Crippen LogP contribution >= 0.6 is 22.6 Å². The number of rotatable bonds is 1. The zero-order chi connectivity index (χ0) is 12.4. The minimum atomic E-state index is 0.156. The van der Waals surface area contributed by atoms with Gasteiger partial charge in [0.2, 0.25) is 0 Å². The molecule has 0 N–H and O–H groups in total. The number of carbonyl (C=O) groups is 1. The van der Waals surface area contributed by atoms with Crippen molar-refractivity contribution in [2.24, 2.45) is 0 Å². The van der Waals surface area contributed by atoms with Gasteiger partial charge >= 0.3 is 0 Å². The smallest absolute Gasteiger partial charge is 0.253 e. The van der Waals surface area contributed by atoms with Gasteiger partial charge in [0.1, 0.15) is 0 Å². The van der Waals surface area contributed by atoms with E-state index in [2.05, 4.69) is 41.5 Å². The van der Waals surface area contributed by atoms with Crippen LogP contribution in [0.1, 0.15) is 17.3 Å². The van der Waals surface area contributed by atoms with Gasteiger partial charge in [0.15, 0.2) is 0 Å². The van der Waals surface area contributed by atoms with E-state index < -0.39 is 0 Å². The fourth-order valence-electron chi connectivity index (χ4n) is 2.04. The molecule has 1 heterocycles. The molecule has 3 nitrogen and oxygen atoms in total. The van der Waals surface area contributed by atoms with Crippen molar-refractivity contribution in [3.63, 3.8) is 0 Å². The Hall–Kier alpha value is -0.620. The van der Waals surface area contributed by atoms with Gasteiger partial charge in [-0.3, -0.25) is 4.79 Å². The van der Waals surface area contributed by atoms with Crippen LogP contribution in [0.5, 0.6) is 0 Å². The van der Waals surface area contributed by atoms with E-state index in [9.17, 15) is 4.79 Å². The molecular formula is C13H17IN2O. The van der Waals surface area contributed by atoms with Crippen molar-refractivity contribution in [2.75, 3.05) is 26.7 Å². The second-order valence-electron chi connectivity index (χ2n) is 4.59. The maximum absolute atomic E-state index is 12.3. The summed E-state index contributed by atoms with van der Waals surface area (Å²) in [5.74, 6) is 0.156. The van der Waals surface area contributed by atoms with Crippen LogP contribution in [0, 0.1) is 3.57 Å². The number of amides is 1. The molecule has 0 radical (unpaired) electrons. The van der Waals surface area contributed by atoms with E-state index in [0.717, 1.165) is 28.8 Å². The van der Waals surface area contributed by atoms with Crippen molar-refractivity contribution in [3.05, 3.63) is 33.4 Å². The van der Waals surface area contributed by atoms with Gasteiger partial charge in [-0.1, -0.05) is 6.07 Å². The highest BCUT2D eigenvalue weighted by Gasteiger charge is 2.24. The Labute approximate surface area is 116 Å². The summed E-state index contributed by atoms with van der Waals surface area (Å²) >= 11 is 2.24. The first kappa shape index (κ1) is 12.8. The standard InChI is InChI=1S/C13H17IN2O/c1-10-9-16(7-6-15(10)2)13(17)11-4-3-5-12(14)8-11/h3-5,8,10H,6-7,9H2,1-2H3. The summed E-state index contributed by atoms with van der Waals surface area (Å²) in [4.78, 5) is 16.6. The number of hydrogen-bond donors (Lipinski definition) is 0. The first-order valence-corrected chi connectivity index (χ1v) is 6.91. The predicted molar refractivity (Wildman–Crippen MR) is 77.2 cm³/mol. The van der Waals surface area contributed by atoms with Gasteiger partial charge < -0.3 is 9.80 Å². The summed E-state index contributed by atoms with van der Waals surface area (Å²) in [7, 11) is 2.11. The van der Waals surface area contributed by atoms with E-state index in [0.29, 0.717) is 6.04 Å². The minimum absolute atomic E-state index is 0.156. The van der Waals surface area contributed by atoms with Gasteiger partial charge in [0, 0.05) is 34.8 Å². The zero-order valence-corrected chi connectivity index (χ0v) is 12.3. The second kappa shape index (κ2) is 5.35. The number of halogens is 1. The van der Waals surface area contributed by atoms with Crippen LogP contribution < -0.4 is 0 Å². The molecule has 1 amide bonds. The Kier molecular flexibility index (Phi) is 4.04. The highest BCUT2D eigenvalue weighted by Crippen LogP contribution is 2.14. The Morgan fingerprint density at radius 3 is 2.82 bits per heavy atom. The Morgan fingerprint density at radius 2 is 2.18 bits per heavy atom. The van der Waals surface area contributed by atoms with Crippen molar-refractivity contribution >= 4 is 28.5 Å². The molecule has 92 valence electrons. The number of nitrogens with zero attached hydrogens (tertiary/aromatic N) is 2. The molecule has 0 aromatic heterocycles. The van der Waals surface area contributed by atoms with Gasteiger partial charge in [0.05, 0.1) is 0 Å². The average Bonchev–Trinajstić information content (AvgIpc) is 2.32. The molecule has 1 aliphatic heterocycles. The van der Waals surface area contributed by atoms with Gasteiger partial charge in [-0.2, -0.15) is 0 Å². The number of likely N-dealkylation sites (N-methyl/N-ethyl adjacent to an activating group) is 1. The molecule has 1 aromatic carbocycles. The van der Waals surface area contributed by atoms with Crippen molar-refractivity contribution in [2.45, 2.75) is 13.0 Å². The number of benzene rings is 1. The molecule has 17 heavy (non-hydrogen) atoms. The van der Waals surface area contributed by atoms with E-state index in [-0.39, 0.29) is 5.91 Å². The zero-order valence-electron chi connectivity index (χ0n) is 10.2. The first-order chi connectivity index (χ1) is 8.08. The summed E-state index contributed by atoms with van der Waals surface area (Å²) in [5.41, 5.74) is 0.800. The molecule has 1 atom stereocenters. The van der Waals surface area contributed by atoms with Crippen LogP contribution in [-0.4, -0.2) is 48.4 Å². The highest BCUT2D eigenvalue weighted by molar-refractivity contribution is 14.1. The number of piperazine rings is 1. The van der Waals surface area contributed by atoms with Crippen LogP contribution in [0.4, 0.5) is 0 Å². The van der Waals surface area contributed by atoms with E-state index in [1.54, 1.807) is 0 Å². The lowest BCUT2D eigenvalue weighted by atomic mass is 10.1. The van der Waals surface area contributed by atoms with E-state index in [1.165, 1.54) is 0 Å². The lowest BCUT2D eigenvalue weighted by Gasteiger charge is -2.37. The fourth-order valence-corrected chi connectivity index (χ4v) is 2.58. The van der Waals surface area contributed by atoms with Gasteiger partial charge in [0.25, 0.3) is 5.91 Å². The summed E-state index contributed by atoms with van der Waals surface area (Å²) < 4.78 is 1.11. The Balaban J connectivity index is 2.10. The maximum Gasteiger partial charge on any atom is 0.253 e. The molecule has 0 saturated carbocycles. The van der Waals surface area contributed by atoms with Gasteiger partial charge in [-0.05, 0) is 54.8 Å². The SMILES string of the molecule is CC1CN(C(=O)c2cccc(I)c2)CCN1C. The molecule has 0 bridgehead atoms. The largest absolute Gasteiger partial charge is 0.336 e. The molecule has 1 aliphatic rings. The molecule has 1 unspecified atom stereocenters. The second-order valence-corrected chi connectivity index (χ2v) is 5.84. The summed E-state index contributed by atoms with van der Waals surface area (Å²) in [6, 6.07) is 8.23. The van der Waals surface area contributed by atoms with Crippen LogP contribution in [0.2, 0.25) is 0 Å². The van der Waals surface area contributed by atoms with Crippen molar-refractivity contribution < 1.29 is 4.79 Å². The Morgan fingerprint density at radius 1 is 1.41 bits per heavy atom. The fraction of sp³-hybridized carbons (Fsp3) is 0.462. The minimum Gasteiger partial charge on any atom is -0.336 e. The quantitative estimate of drug-likeness (QED) is 0.729. The molecule has 1 aromatic rings. The lowest BCUT2D eigenvalue weighted by Crippen LogP contribution is -2.52.